The summed E-state index contributed by atoms with van der Waals surface area (Å²) in [6, 6.07) is 10.2. The molecule has 160 valence electrons. The first-order valence-electron chi connectivity index (χ1n) is 10.1. The molecule has 5 aromatic rings. The molecule has 9 heteroatoms. The molecule has 0 saturated heterocycles. The molecule has 0 aliphatic heterocycles. The van der Waals surface area contributed by atoms with Gasteiger partial charge in [0, 0.05) is 46.9 Å². The Hall–Kier alpha value is -4.27. The summed E-state index contributed by atoms with van der Waals surface area (Å²) in [6.07, 6.45) is 6.61. The van der Waals surface area contributed by atoms with Gasteiger partial charge in [-0.1, -0.05) is 18.2 Å². The molecule has 0 aliphatic carbocycles. The third kappa shape index (κ3) is 3.53. The van der Waals surface area contributed by atoms with Crippen molar-refractivity contribution in [1.82, 2.24) is 24.6 Å². The maximum atomic E-state index is 13.8. The van der Waals surface area contributed by atoms with Gasteiger partial charge in [-0.3, -0.25) is 9.78 Å². The van der Waals surface area contributed by atoms with E-state index in [1.54, 1.807) is 16.8 Å². The van der Waals surface area contributed by atoms with Crippen LogP contribution in [0.3, 0.4) is 0 Å². The van der Waals surface area contributed by atoms with Crippen molar-refractivity contribution in [2.75, 3.05) is 5.32 Å². The number of nitrogens with two attached hydrogens (primary N) is 1. The fourth-order valence-corrected chi connectivity index (χ4v) is 3.80. The summed E-state index contributed by atoms with van der Waals surface area (Å²) in [5.74, 6) is -0.442. The molecule has 0 saturated carbocycles. The van der Waals surface area contributed by atoms with Crippen LogP contribution < -0.4 is 11.1 Å². The normalized spacial score (nSPS) is 12.3. The monoisotopic (exact) mass is 429 g/mol. The van der Waals surface area contributed by atoms with Crippen LogP contribution in [0, 0.1) is 12.7 Å². The van der Waals surface area contributed by atoms with Gasteiger partial charge in [-0.05, 0) is 24.6 Å². The molecule has 5 rings (SSSR count). The number of amides is 1. The van der Waals surface area contributed by atoms with Gasteiger partial charge in [-0.25, -0.2) is 9.37 Å². The van der Waals surface area contributed by atoms with Crippen LogP contribution in [0.4, 0.5) is 10.2 Å². The molecule has 0 spiro atoms. The minimum atomic E-state index is -0.706. The van der Waals surface area contributed by atoms with E-state index < -0.39 is 17.8 Å². The third-order valence-corrected chi connectivity index (χ3v) is 5.41. The number of hydrogen-bond donors (Lipinski definition) is 3. The number of aromatic amines is 1. The van der Waals surface area contributed by atoms with Crippen LogP contribution >= 0.6 is 0 Å². The average molecular weight is 429 g/mol. The van der Waals surface area contributed by atoms with Gasteiger partial charge in [0.2, 0.25) is 5.91 Å². The number of H-pyrrole nitrogens is 1. The summed E-state index contributed by atoms with van der Waals surface area (Å²) in [7, 11) is 0. The summed E-state index contributed by atoms with van der Waals surface area (Å²) in [4.78, 5) is 24.1. The number of nitrogens with zero attached hydrogens (tertiary/aromatic N) is 4. The Bertz CT molecular complexity index is 1460. The Morgan fingerprint density at radius 1 is 1.25 bits per heavy atom. The highest BCUT2D eigenvalue weighted by Crippen LogP contribution is 2.25. The Kier molecular flexibility index (Phi) is 4.78. The SMILES string of the molecule is Cc1cnn2c(N[C@H](Cc3c[nH]c4ccccc34)C(N)=O)cc(-c3cncc(F)c3)nc12. The standard InChI is InChI=1S/C23H20FN7O/c1-13-9-28-31-21(8-19(30-23(13)31)15-6-16(24)12-26-10-15)29-20(22(25)32)7-14-11-27-18-5-3-2-4-17(14)18/h2-6,8-12,20,27,29H,7H2,1H3,(H2,25,32)/t20-/m1/s1. The molecule has 0 fully saturated rings. The third-order valence-electron chi connectivity index (χ3n) is 5.41. The average Bonchev–Trinajstić information content (AvgIpc) is 3.37. The van der Waals surface area contributed by atoms with Crippen LogP contribution in [0.25, 0.3) is 27.8 Å². The molecule has 8 nitrogen and oxygen atoms in total. The minimum absolute atomic E-state index is 0.375. The largest absolute Gasteiger partial charge is 0.368 e. The maximum absolute atomic E-state index is 13.8. The van der Waals surface area contributed by atoms with Gasteiger partial charge in [0.1, 0.15) is 17.7 Å². The fourth-order valence-electron chi connectivity index (χ4n) is 3.80. The van der Waals surface area contributed by atoms with Gasteiger partial charge < -0.3 is 16.0 Å². The number of carbonyl (C=O) groups excluding carboxylic acids is 1. The number of anilines is 1. The smallest absolute Gasteiger partial charge is 0.240 e. The number of carbonyl (C=O) groups is 1. The number of primary amides is 1. The van der Waals surface area contributed by atoms with Crippen molar-refractivity contribution in [2.24, 2.45) is 5.73 Å². The van der Waals surface area contributed by atoms with Crippen LogP contribution in [0.15, 0.2) is 61.2 Å². The maximum Gasteiger partial charge on any atom is 0.240 e. The number of nitrogens with one attached hydrogen (secondary N) is 2. The molecule has 1 aromatic carbocycles. The number of pyridine rings is 1. The second-order valence-electron chi connectivity index (χ2n) is 7.64. The number of aryl methyl sites for hydroxylation is 1. The van der Waals surface area contributed by atoms with E-state index in [1.807, 2.05) is 37.4 Å². The summed E-state index contributed by atoms with van der Waals surface area (Å²) in [5, 5.41) is 8.62. The first kappa shape index (κ1) is 19.7. The molecule has 1 atom stereocenters. The number of rotatable bonds is 6. The molecule has 0 unspecified atom stereocenters. The van der Waals surface area contributed by atoms with Crippen LogP contribution in [-0.4, -0.2) is 36.5 Å². The molecule has 4 N–H and O–H groups in total. The van der Waals surface area contributed by atoms with Gasteiger partial charge in [0.15, 0.2) is 5.65 Å². The zero-order valence-electron chi connectivity index (χ0n) is 17.2. The molecule has 0 aliphatic rings. The molecular weight excluding hydrogens is 409 g/mol. The van der Waals surface area contributed by atoms with Gasteiger partial charge in [-0.2, -0.15) is 9.61 Å². The van der Waals surface area contributed by atoms with E-state index in [1.165, 1.54) is 12.3 Å². The van der Waals surface area contributed by atoms with Crippen molar-refractivity contribution in [2.45, 2.75) is 19.4 Å². The second-order valence-corrected chi connectivity index (χ2v) is 7.64. The number of aromatic nitrogens is 5. The van der Waals surface area contributed by atoms with E-state index in [2.05, 4.69) is 25.4 Å². The van der Waals surface area contributed by atoms with Crippen LogP contribution in [0.2, 0.25) is 0 Å². The highest BCUT2D eigenvalue weighted by Gasteiger charge is 2.21. The molecular formula is C23H20FN7O. The lowest BCUT2D eigenvalue weighted by Crippen LogP contribution is -2.37. The Morgan fingerprint density at radius 2 is 2.09 bits per heavy atom. The topological polar surface area (TPSA) is 114 Å². The zero-order chi connectivity index (χ0) is 22.2. The predicted molar refractivity (Wildman–Crippen MR) is 120 cm³/mol. The summed E-state index contributed by atoms with van der Waals surface area (Å²) in [5.41, 5.74) is 10.1. The van der Waals surface area contributed by atoms with E-state index in [-0.39, 0.29) is 0 Å². The van der Waals surface area contributed by atoms with Crippen molar-refractivity contribution < 1.29 is 9.18 Å². The van der Waals surface area contributed by atoms with E-state index in [0.29, 0.717) is 29.1 Å². The van der Waals surface area contributed by atoms with Crippen LogP contribution in [0.1, 0.15) is 11.1 Å². The van der Waals surface area contributed by atoms with Gasteiger partial charge >= 0.3 is 0 Å². The molecule has 0 bridgehead atoms. The second kappa shape index (κ2) is 7.77. The quantitative estimate of drug-likeness (QED) is 0.383. The van der Waals surface area contributed by atoms with Crippen molar-refractivity contribution in [3.05, 3.63) is 78.1 Å². The van der Waals surface area contributed by atoms with Gasteiger partial charge in [0.25, 0.3) is 0 Å². The summed E-state index contributed by atoms with van der Waals surface area (Å²) in [6.45, 7) is 1.88. The Labute approximate surface area is 182 Å². The predicted octanol–water partition coefficient (Wildman–Crippen LogP) is 3.23. The summed E-state index contributed by atoms with van der Waals surface area (Å²) < 4.78 is 15.4. The lowest BCUT2D eigenvalue weighted by atomic mass is 10.0. The highest BCUT2D eigenvalue weighted by atomic mass is 19.1. The fraction of sp³-hybridized carbons (Fsp3) is 0.130. The van der Waals surface area contributed by atoms with Crippen molar-refractivity contribution >= 4 is 28.3 Å². The van der Waals surface area contributed by atoms with Gasteiger partial charge in [0.05, 0.1) is 18.1 Å². The molecule has 32 heavy (non-hydrogen) atoms. The van der Waals surface area contributed by atoms with E-state index in [4.69, 9.17) is 5.73 Å². The Balaban J connectivity index is 1.55. The van der Waals surface area contributed by atoms with Crippen molar-refractivity contribution in [3.8, 4) is 11.3 Å². The number of para-hydroxylation sites is 1. The van der Waals surface area contributed by atoms with E-state index in [9.17, 15) is 9.18 Å². The number of benzene rings is 1. The first-order valence-corrected chi connectivity index (χ1v) is 10.1. The molecule has 1 amide bonds. The van der Waals surface area contributed by atoms with Crippen LogP contribution in [0.5, 0.6) is 0 Å². The van der Waals surface area contributed by atoms with E-state index in [0.717, 1.165) is 28.2 Å². The lowest BCUT2D eigenvalue weighted by Gasteiger charge is -2.18. The Morgan fingerprint density at radius 3 is 2.91 bits per heavy atom. The van der Waals surface area contributed by atoms with E-state index >= 15 is 0 Å². The molecule has 0 radical (unpaired) electrons. The van der Waals surface area contributed by atoms with Gasteiger partial charge in [-0.15, -0.1) is 0 Å². The highest BCUT2D eigenvalue weighted by molar-refractivity contribution is 5.87. The minimum Gasteiger partial charge on any atom is -0.368 e. The van der Waals surface area contributed by atoms with Crippen molar-refractivity contribution in [3.63, 3.8) is 0 Å². The first-order chi connectivity index (χ1) is 15.5. The number of fused-ring (bicyclic) bond motifs is 2. The number of hydrogen-bond acceptors (Lipinski definition) is 5. The van der Waals surface area contributed by atoms with Crippen molar-refractivity contribution in [1.29, 1.82) is 0 Å². The lowest BCUT2D eigenvalue weighted by molar-refractivity contribution is -0.118. The number of halogens is 1. The van der Waals surface area contributed by atoms with Crippen LogP contribution in [-0.2, 0) is 11.2 Å². The molecule has 4 aromatic heterocycles. The molecule has 4 heterocycles. The zero-order valence-corrected chi connectivity index (χ0v) is 17.2. The summed E-state index contributed by atoms with van der Waals surface area (Å²) >= 11 is 0.